The van der Waals surface area contributed by atoms with E-state index in [1.807, 2.05) is 25.1 Å². The summed E-state index contributed by atoms with van der Waals surface area (Å²) in [6.45, 7) is 2.69. The molecule has 0 bridgehead atoms. The lowest BCUT2D eigenvalue weighted by Crippen LogP contribution is -2.41. The quantitative estimate of drug-likeness (QED) is 0.576. The van der Waals surface area contributed by atoms with E-state index in [4.69, 9.17) is 5.73 Å². The molecule has 0 aromatic heterocycles. The molecule has 4 heteroatoms. The second-order valence-electron chi connectivity index (χ2n) is 3.85. The second kappa shape index (κ2) is 8.14. The summed E-state index contributed by atoms with van der Waals surface area (Å²) < 4.78 is 0. The van der Waals surface area contributed by atoms with E-state index < -0.39 is 0 Å². The van der Waals surface area contributed by atoms with Crippen LogP contribution >= 0.6 is 11.8 Å². The van der Waals surface area contributed by atoms with Crippen LogP contribution in [-0.2, 0) is 4.79 Å². The predicted molar refractivity (Wildman–Crippen MR) is 73.1 cm³/mol. The van der Waals surface area contributed by atoms with Gasteiger partial charge in [0.1, 0.15) is 0 Å². The fourth-order valence-electron chi connectivity index (χ4n) is 1.43. The van der Waals surface area contributed by atoms with Gasteiger partial charge in [0.15, 0.2) is 0 Å². The van der Waals surface area contributed by atoms with Gasteiger partial charge >= 0.3 is 0 Å². The van der Waals surface area contributed by atoms with E-state index in [1.165, 1.54) is 4.90 Å². The minimum atomic E-state index is -0.360. The molecule has 94 valence electrons. The van der Waals surface area contributed by atoms with Crippen molar-refractivity contribution in [2.24, 2.45) is 5.73 Å². The topological polar surface area (TPSA) is 55.1 Å². The zero-order valence-electron chi connectivity index (χ0n) is 10.2. The normalized spacial score (nSPS) is 12.1. The van der Waals surface area contributed by atoms with E-state index in [2.05, 4.69) is 17.4 Å². The van der Waals surface area contributed by atoms with Crippen molar-refractivity contribution in [1.29, 1.82) is 0 Å². The van der Waals surface area contributed by atoms with Gasteiger partial charge in [-0.3, -0.25) is 4.79 Å². The largest absolute Gasteiger partial charge is 0.354 e. The van der Waals surface area contributed by atoms with E-state index in [-0.39, 0.29) is 11.9 Å². The standard InChI is InChI=1S/C13H20N2OS/c1-2-6-12(14)13(16)15-9-10-17-11-7-4-3-5-8-11/h3-5,7-8,12H,2,6,9-10,14H2,1H3,(H,15,16). The molecule has 0 saturated carbocycles. The molecule has 0 radical (unpaired) electrons. The van der Waals surface area contributed by atoms with Crippen molar-refractivity contribution in [2.45, 2.75) is 30.7 Å². The maximum atomic E-state index is 11.5. The molecule has 1 atom stereocenters. The van der Waals surface area contributed by atoms with Crippen LogP contribution in [0.1, 0.15) is 19.8 Å². The predicted octanol–water partition coefficient (Wildman–Crippen LogP) is 2.02. The Morgan fingerprint density at radius 2 is 2.12 bits per heavy atom. The first-order valence-electron chi connectivity index (χ1n) is 5.95. The van der Waals surface area contributed by atoms with Crippen LogP contribution in [0.5, 0.6) is 0 Å². The van der Waals surface area contributed by atoms with Gasteiger partial charge in [0.05, 0.1) is 6.04 Å². The Morgan fingerprint density at radius 3 is 2.76 bits per heavy atom. The van der Waals surface area contributed by atoms with Gasteiger partial charge in [-0.1, -0.05) is 31.5 Å². The van der Waals surface area contributed by atoms with Crippen LogP contribution in [0.15, 0.2) is 35.2 Å². The monoisotopic (exact) mass is 252 g/mol. The fraction of sp³-hybridized carbons (Fsp3) is 0.462. The molecule has 17 heavy (non-hydrogen) atoms. The van der Waals surface area contributed by atoms with Gasteiger partial charge in [-0.15, -0.1) is 11.8 Å². The van der Waals surface area contributed by atoms with Crippen molar-refractivity contribution in [3.8, 4) is 0 Å². The number of hydrogen-bond donors (Lipinski definition) is 2. The van der Waals surface area contributed by atoms with Gasteiger partial charge in [0.25, 0.3) is 0 Å². The number of carbonyl (C=O) groups is 1. The van der Waals surface area contributed by atoms with Gasteiger partial charge in [-0.05, 0) is 18.6 Å². The Bertz CT molecular complexity index is 329. The lowest BCUT2D eigenvalue weighted by Gasteiger charge is -2.10. The first-order valence-corrected chi connectivity index (χ1v) is 6.93. The van der Waals surface area contributed by atoms with Crippen LogP contribution in [0.3, 0.4) is 0 Å². The molecule has 0 spiro atoms. The van der Waals surface area contributed by atoms with Crippen molar-refractivity contribution >= 4 is 17.7 Å². The molecule has 0 fully saturated rings. The van der Waals surface area contributed by atoms with Gasteiger partial charge in [0.2, 0.25) is 5.91 Å². The van der Waals surface area contributed by atoms with E-state index in [1.54, 1.807) is 11.8 Å². The van der Waals surface area contributed by atoms with Crippen LogP contribution in [0.2, 0.25) is 0 Å². The summed E-state index contributed by atoms with van der Waals surface area (Å²) in [5, 5.41) is 2.85. The maximum absolute atomic E-state index is 11.5. The van der Waals surface area contributed by atoms with Crippen LogP contribution in [0.4, 0.5) is 0 Å². The third-order valence-corrected chi connectivity index (χ3v) is 3.36. The minimum Gasteiger partial charge on any atom is -0.354 e. The van der Waals surface area contributed by atoms with Gasteiger partial charge in [0, 0.05) is 17.2 Å². The first-order chi connectivity index (χ1) is 8.24. The third kappa shape index (κ3) is 5.75. The Balaban J connectivity index is 2.14. The summed E-state index contributed by atoms with van der Waals surface area (Å²) in [7, 11) is 0. The molecule has 1 aromatic carbocycles. The van der Waals surface area contributed by atoms with Crippen molar-refractivity contribution in [3.05, 3.63) is 30.3 Å². The smallest absolute Gasteiger partial charge is 0.236 e. The van der Waals surface area contributed by atoms with Crippen LogP contribution in [0.25, 0.3) is 0 Å². The van der Waals surface area contributed by atoms with E-state index in [9.17, 15) is 4.79 Å². The molecular weight excluding hydrogens is 232 g/mol. The summed E-state index contributed by atoms with van der Waals surface area (Å²) in [5.74, 6) is 0.828. The van der Waals surface area contributed by atoms with Crippen molar-refractivity contribution in [1.82, 2.24) is 5.32 Å². The number of nitrogens with one attached hydrogen (secondary N) is 1. The number of carbonyl (C=O) groups excluding carboxylic acids is 1. The molecule has 1 unspecified atom stereocenters. The fourth-order valence-corrected chi connectivity index (χ4v) is 2.22. The summed E-state index contributed by atoms with van der Waals surface area (Å²) >= 11 is 1.73. The number of benzene rings is 1. The van der Waals surface area contributed by atoms with Crippen LogP contribution < -0.4 is 11.1 Å². The number of nitrogens with two attached hydrogens (primary N) is 1. The maximum Gasteiger partial charge on any atom is 0.236 e. The Hall–Kier alpha value is -1.00. The summed E-state index contributed by atoms with van der Waals surface area (Å²) in [6.07, 6.45) is 1.69. The lowest BCUT2D eigenvalue weighted by molar-refractivity contribution is -0.122. The Kier molecular flexibility index (Phi) is 6.74. The molecule has 1 amide bonds. The summed E-state index contributed by atoms with van der Waals surface area (Å²) in [5.41, 5.74) is 5.70. The second-order valence-corrected chi connectivity index (χ2v) is 5.02. The molecule has 0 aliphatic heterocycles. The van der Waals surface area contributed by atoms with Gasteiger partial charge in [-0.25, -0.2) is 0 Å². The molecule has 0 aliphatic rings. The van der Waals surface area contributed by atoms with Crippen LogP contribution in [0, 0.1) is 0 Å². The molecule has 1 aromatic rings. The summed E-state index contributed by atoms with van der Waals surface area (Å²) in [6, 6.07) is 9.79. The highest BCUT2D eigenvalue weighted by molar-refractivity contribution is 7.99. The molecular formula is C13H20N2OS. The van der Waals surface area contributed by atoms with Gasteiger partial charge < -0.3 is 11.1 Å². The number of hydrogen-bond acceptors (Lipinski definition) is 3. The minimum absolute atomic E-state index is 0.0412. The number of thioether (sulfide) groups is 1. The number of amides is 1. The highest BCUT2D eigenvalue weighted by Gasteiger charge is 2.10. The molecule has 0 saturated heterocycles. The van der Waals surface area contributed by atoms with E-state index in [0.717, 1.165) is 18.6 Å². The first kappa shape index (κ1) is 14.1. The van der Waals surface area contributed by atoms with Gasteiger partial charge in [-0.2, -0.15) is 0 Å². The molecule has 0 aliphatic carbocycles. The molecule has 1 rings (SSSR count). The average Bonchev–Trinajstić information content (AvgIpc) is 2.36. The van der Waals surface area contributed by atoms with Crippen molar-refractivity contribution < 1.29 is 4.79 Å². The Labute approximate surface area is 107 Å². The third-order valence-electron chi connectivity index (χ3n) is 2.35. The SMILES string of the molecule is CCCC(N)C(=O)NCCSc1ccccc1. The Morgan fingerprint density at radius 1 is 1.41 bits per heavy atom. The lowest BCUT2D eigenvalue weighted by atomic mass is 10.2. The molecule has 3 N–H and O–H groups in total. The average molecular weight is 252 g/mol. The molecule has 3 nitrogen and oxygen atoms in total. The zero-order valence-corrected chi connectivity index (χ0v) is 11.0. The van der Waals surface area contributed by atoms with Crippen LogP contribution in [-0.4, -0.2) is 24.2 Å². The van der Waals surface area contributed by atoms with E-state index >= 15 is 0 Å². The molecule has 0 heterocycles. The highest BCUT2D eigenvalue weighted by Crippen LogP contribution is 2.15. The van der Waals surface area contributed by atoms with E-state index in [0.29, 0.717) is 6.54 Å². The number of rotatable bonds is 7. The van der Waals surface area contributed by atoms with Crippen molar-refractivity contribution in [2.75, 3.05) is 12.3 Å². The highest BCUT2D eigenvalue weighted by atomic mass is 32.2. The summed E-state index contributed by atoms with van der Waals surface area (Å²) in [4.78, 5) is 12.7. The zero-order chi connectivity index (χ0) is 12.5. The van der Waals surface area contributed by atoms with Crippen molar-refractivity contribution in [3.63, 3.8) is 0 Å².